The van der Waals surface area contributed by atoms with Crippen molar-refractivity contribution >= 4 is 0 Å². The second-order valence-corrected chi connectivity index (χ2v) is 8.33. The van der Waals surface area contributed by atoms with Gasteiger partial charge in [0.15, 0.2) is 0 Å². The predicted molar refractivity (Wildman–Crippen MR) is 123 cm³/mol. The Morgan fingerprint density at radius 1 is 0.679 bits per heavy atom. The van der Waals surface area contributed by atoms with Crippen LogP contribution in [-0.4, -0.2) is 5.11 Å². The van der Waals surface area contributed by atoms with Crippen LogP contribution in [0.3, 0.4) is 0 Å². The molecule has 0 aliphatic heterocycles. The number of hydrogen-bond acceptors (Lipinski definition) is 1. The molecule has 0 aliphatic carbocycles. The third-order valence-corrected chi connectivity index (χ3v) is 5.72. The minimum Gasteiger partial charge on any atom is -0.507 e. The molecule has 2 aromatic carbocycles. The van der Waals surface area contributed by atoms with E-state index < -0.39 is 0 Å². The van der Waals surface area contributed by atoms with Crippen LogP contribution in [0.15, 0.2) is 42.5 Å². The minimum absolute atomic E-state index is 0.472. The minimum atomic E-state index is 0.472. The summed E-state index contributed by atoms with van der Waals surface area (Å²) >= 11 is 0. The number of aromatic hydroxyl groups is 1. The fraction of sp³-hybridized carbons (Fsp3) is 0.556. The van der Waals surface area contributed by atoms with Crippen LogP contribution in [0, 0.1) is 6.92 Å². The van der Waals surface area contributed by atoms with Crippen molar-refractivity contribution in [2.24, 2.45) is 0 Å². The van der Waals surface area contributed by atoms with E-state index in [-0.39, 0.29) is 0 Å². The molecule has 28 heavy (non-hydrogen) atoms. The van der Waals surface area contributed by atoms with Gasteiger partial charge in [0.1, 0.15) is 5.75 Å². The molecule has 0 saturated carbocycles. The highest BCUT2D eigenvalue weighted by molar-refractivity contribution is 5.72. The van der Waals surface area contributed by atoms with Gasteiger partial charge in [-0.25, -0.2) is 0 Å². The molecule has 2 rings (SSSR count). The summed E-state index contributed by atoms with van der Waals surface area (Å²) in [7, 11) is 0. The normalized spacial score (nSPS) is 11.1. The summed E-state index contributed by atoms with van der Waals surface area (Å²) in [5.41, 5.74) is 4.39. The summed E-state index contributed by atoms with van der Waals surface area (Å²) in [6.07, 6.45) is 17.4. The Morgan fingerprint density at radius 3 is 1.79 bits per heavy atom. The van der Waals surface area contributed by atoms with Crippen molar-refractivity contribution in [2.45, 2.75) is 97.3 Å². The quantitative estimate of drug-likeness (QED) is 0.325. The van der Waals surface area contributed by atoms with Crippen molar-refractivity contribution in [1.82, 2.24) is 0 Å². The number of phenols is 1. The van der Waals surface area contributed by atoms with E-state index in [1.54, 1.807) is 0 Å². The Kier molecular flexibility index (Phi) is 10.8. The first-order valence-electron chi connectivity index (χ1n) is 11.6. The molecule has 0 bridgehead atoms. The summed E-state index contributed by atoms with van der Waals surface area (Å²) in [5, 5.41) is 10.7. The fourth-order valence-electron chi connectivity index (χ4n) is 4.04. The van der Waals surface area contributed by atoms with Gasteiger partial charge in [0.05, 0.1) is 0 Å². The largest absolute Gasteiger partial charge is 0.507 e. The Balaban J connectivity index is 1.65. The third kappa shape index (κ3) is 8.09. The number of aryl methyl sites for hydroxylation is 2. The lowest BCUT2D eigenvalue weighted by atomic mass is 9.95. The van der Waals surface area contributed by atoms with Crippen molar-refractivity contribution in [3.8, 4) is 16.9 Å². The number of unbranched alkanes of at least 4 members (excludes halogenated alkanes) is 11. The molecule has 154 valence electrons. The zero-order valence-corrected chi connectivity index (χ0v) is 18.2. The smallest absolute Gasteiger partial charge is 0.126 e. The lowest BCUT2D eigenvalue weighted by Gasteiger charge is -2.12. The van der Waals surface area contributed by atoms with Gasteiger partial charge in [-0.05, 0) is 42.5 Å². The van der Waals surface area contributed by atoms with Gasteiger partial charge < -0.3 is 5.11 Å². The van der Waals surface area contributed by atoms with E-state index in [9.17, 15) is 5.11 Å². The average molecular weight is 381 g/mol. The lowest BCUT2D eigenvalue weighted by molar-refractivity contribution is 0.467. The molecule has 0 saturated heterocycles. The first-order valence-corrected chi connectivity index (χ1v) is 11.6. The van der Waals surface area contributed by atoms with Crippen LogP contribution >= 0.6 is 0 Å². The van der Waals surface area contributed by atoms with Crippen molar-refractivity contribution in [1.29, 1.82) is 0 Å². The first-order chi connectivity index (χ1) is 13.7. The maximum absolute atomic E-state index is 10.7. The zero-order valence-electron chi connectivity index (χ0n) is 18.2. The Bertz CT molecular complexity index is 659. The SMILES string of the molecule is CCCCCCCCCCCCCCc1cc(C)cc(-c2ccccc2)c1O. The second-order valence-electron chi connectivity index (χ2n) is 8.33. The molecule has 0 aromatic heterocycles. The van der Waals surface area contributed by atoms with E-state index in [2.05, 4.69) is 38.1 Å². The van der Waals surface area contributed by atoms with Gasteiger partial charge in [-0.2, -0.15) is 0 Å². The molecule has 0 unspecified atom stereocenters. The van der Waals surface area contributed by atoms with E-state index in [4.69, 9.17) is 0 Å². The Labute approximate surface area is 173 Å². The summed E-state index contributed by atoms with van der Waals surface area (Å²) < 4.78 is 0. The molecule has 0 amide bonds. The van der Waals surface area contributed by atoms with Crippen LogP contribution in [0.1, 0.15) is 95.1 Å². The maximum Gasteiger partial charge on any atom is 0.126 e. The van der Waals surface area contributed by atoms with E-state index >= 15 is 0 Å². The molecule has 1 heteroatoms. The monoisotopic (exact) mass is 380 g/mol. The molecular weight excluding hydrogens is 340 g/mol. The predicted octanol–water partition coefficient (Wildman–Crippen LogP) is 8.61. The molecule has 0 fully saturated rings. The average Bonchev–Trinajstić information content (AvgIpc) is 2.71. The zero-order chi connectivity index (χ0) is 20.0. The molecular formula is C27H40O. The van der Waals surface area contributed by atoms with Gasteiger partial charge in [-0.15, -0.1) is 0 Å². The number of phenolic OH excluding ortho intramolecular Hbond substituents is 1. The van der Waals surface area contributed by atoms with E-state index in [0.29, 0.717) is 5.75 Å². The molecule has 0 aliphatic rings. The van der Waals surface area contributed by atoms with Crippen molar-refractivity contribution < 1.29 is 5.11 Å². The van der Waals surface area contributed by atoms with Gasteiger partial charge >= 0.3 is 0 Å². The lowest BCUT2D eigenvalue weighted by Crippen LogP contribution is -1.92. The second kappa shape index (κ2) is 13.4. The third-order valence-electron chi connectivity index (χ3n) is 5.72. The first kappa shape index (κ1) is 22.5. The van der Waals surface area contributed by atoms with Gasteiger partial charge in [-0.1, -0.05) is 114 Å². The Hall–Kier alpha value is -1.76. The van der Waals surface area contributed by atoms with Crippen molar-refractivity contribution in [3.05, 3.63) is 53.6 Å². The molecule has 1 N–H and O–H groups in total. The van der Waals surface area contributed by atoms with E-state index in [1.807, 2.05) is 18.2 Å². The fourth-order valence-corrected chi connectivity index (χ4v) is 4.04. The molecule has 0 heterocycles. The highest BCUT2D eigenvalue weighted by Gasteiger charge is 2.10. The number of benzene rings is 2. The molecule has 0 radical (unpaired) electrons. The highest BCUT2D eigenvalue weighted by Crippen LogP contribution is 2.34. The summed E-state index contributed by atoms with van der Waals surface area (Å²) in [5.74, 6) is 0.472. The molecule has 0 atom stereocenters. The van der Waals surface area contributed by atoms with Crippen LogP contribution in [0.25, 0.3) is 11.1 Å². The van der Waals surface area contributed by atoms with Crippen LogP contribution in [0.4, 0.5) is 0 Å². The maximum atomic E-state index is 10.7. The number of rotatable bonds is 14. The van der Waals surface area contributed by atoms with E-state index in [0.717, 1.165) is 23.1 Å². The standard InChI is InChI=1S/C27H40O/c1-3-4-5-6-7-8-9-10-11-12-13-15-20-25-21-23(2)22-26(27(25)28)24-18-16-14-17-19-24/h14,16-19,21-22,28H,3-13,15,20H2,1-2H3. The van der Waals surface area contributed by atoms with E-state index in [1.165, 1.54) is 82.6 Å². The molecule has 1 nitrogen and oxygen atoms in total. The summed E-state index contributed by atoms with van der Waals surface area (Å²) in [6, 6.07) is 14.5. The van der Waals surface area contributed by atoms with Gasteiger partial charge in [0.25, 0.3) is 0 Å². The highest BCUT2D eigenvalue weighted by atomic mass is 16.3. The summed E-state index contributed by atoms with van der Waals surface area (Å²) in [4.78, 5) is 0. The summed E-state index contributed by atoms with van der Waals surface area (Å²) in [6.45, 7) is 4.40. The van der Waals surface area contributed by atoms with Crippen LogP contribution in [0.2, 0.25) is 0 Å². The van der Waals surface area contributed by atoms with Crippen molar-refractivity contribution in [3.63, 3.8) is 0 Å². The topological polar surface area (TPSA) is 20.2 Å². The molecule has 2 aromatic rings. The van der Waals surface area contributed by atoms with Gasteiger partial charge in [-0.3, -0.25) is 0 Å². The Morgan fingerprint density at radius 2 is 1.21 bits per heavy atom. The number of hydrogen-bond donors (Lipinski definition) is 1. The van der Waals surface area contributed by atoms with Crippen molar-refractivity contribution in [2.75, 3.05) is 0 Å². The van der Waals surface area contributed by atoms with Crippen LogP contribution < -0.4 is 0 Å². The van der Waals surface area contributed by atoms with Gasteiger partial charge in [0, 0.05) is 5.56 Å². The van der Waals surface area contributed by atoms with Gasteiger partial charge in [0.2, 0.25) is 0 Å². The van der Waals surface area contributed by atoms with Crippen LogP contribution in [-0.2, 0) is 6.42 Å². The van der Waals surface area contributed by atoms with Crippen LogP contribution in [0.5, 0.6) is 5.75 Å². The molecule has 0 spiro atoms.